The number of hydrogen-bond acceptors (Lipinski definition) is 3. The fourth-order valence-corrected chi connectivity index (χ4v) is 3.10. The SMILES string of the molecule is Cc1cc(C(C)Cl)c2nc(N3CCCCC3)cc(=O)n2c1. The quantitative estimate of drug-likeness (QED) is 0.799. The van der Waals surface area contributed by atoms with Crippen LogP contribution in [-0.4, -0.2) is 22.5 Å². The first-order chi connectivity index (χ1) is 10.1. The summed E-state index contributed by atoms with van der Waals surface area (Å²) in [4.78, 5) is 19.4. The summed E-state index contributed by atoms with van der Waals surface area (Å²) in [6, 6.07) is 3.65. The second kappa shape index (κ2) is 5.68. The summed E-state index contributed by atoms with van der Waals surface area (Å²) in [5.41, 5.74) is 2.56. The van der Waals surface area contributed by atoms with Crippen LogP contribution in [0.3, 0.4) is 0 Å². The van der Waals surface area contributed by atoms with Crippen LogP contribution in [0.2, 0.25) is 0 Å². The zero-order chi connectivity index (χ0) is 15.0. The minimum Gasteiger partial charge on any atom is -0.356 e. The van der Waals surface area contributed by atoms with Gasteiger partial charge in [-0.05, 0) is 44.7 Å². The van der Waals surface area contributed by atoms with Crippen LogP contribution in [0.5, 0.6) is 0 Å². The number of piperidine rings is 1. The van der Waals surface area contributed by atoms with Crippen molar-refractivity contribution in [2.24, 2.45) is 0 Å². The van der Waals surface area contributed by atoms with Gasteiger partial charge in [0.25, 0.3) is 5.56 Å². The van der Waals surface area contributed by atoms with E-state index in [1.807, 2.05) is 26.1 Å². The number of aromatic nitrogens is 2. The Morgan fingerprint density at radius 2 is 1.95 bits per heavy atom. The molecule has 1 saturated heterocycles. The fraction of sp³-hybridized carbons (Fsp3) is 0.500. The van der Waals surface area contributed by atoms with Gasteiger partial charge in [0.05, 0.1) is 5.38 Å². The van der Waals surface area contributed by atoms with Crippen LogP contribution < -0.4 is 10.5 Å². The molecule has 2 aromatic heterocycles. The number of alkyl halides is 1. The summed E-state index contributed by atoms with van der Waals surface area (Å²) in [7, 11) is 0. The van der Waals surface area contributed by atoms with Gasteiger partial charge >= 0.3 is 0 Å². The first-order valence-corrected chi connectivity index (χ1v) is 7.93. The lowest BCUT2D eigenvalue weighted by Crippen LogP contribution is -2.32. The van der Waals surface area contributed by atoms with Gasteiger partial charge in [-0.15, -0.1) is 11.6 Å². The molecule has 1 unspecified atom stereocenters. The van der Waals surface area contributed by atoms with E-state index in [0.29, 0.717) is 5.65 Å². The van der Waals surface area contributed by atoms with Crippen molar-refractivity contribution in [1.29, 1.82) is 0 Å². The van der Waals surface area contributed by atoms with Gasteiger partial charge in [0.15, 0.2) is 0 Å². The Hall–Kier alpha value is -1.55. The third-order valence-electron chi connectivity index (χ3n) is 4.02. The summed E-state index contributed by atoms with van der Waals surface area (Å²) >= 11 is 6.28. The molecule has 0 spiro atoms. The van der Waals surface area contributed by atoms with Crippen molar-refractivity contribution < 1.29 is 0 Å². The van der Waals surface area contributed by atoms with E-state index in [4.69, 9.17) is 16.6 Å². The highest BCUT2D eigenvalue weighted by Gasteiger charge is 2.16. The normalized spacial score (nSPS) is 17.2. The van der Waals surface area contributed by atoms with Gasteiger partial charge in [-0.3, -0.25) is 9.20 Å². The molecule has 0 saturated carbocycles. The van der Waals surface area contributed by atoms with Crippen molar-refractivity contribution in [1.82, 2.24) is 9.38 Å². The van der Waals surface area contributed by atoms with E-state index < -0.39 is 0 Å². The molecule has 3 rings (SSSR count). The molecule has 112 valence electrons. The standard InChI is InChI=1S/C16H20ClN3O/c1-11-8-13(12(2)17)16-18-14(9-15(21)20(16)10-11)19-6-4-3-5-7-19/h8-10,12H,3-7H2,1-2H3. The van der Waals surface area contributed by atoms with Crippen molar-refractivity contribution in [3.63, 3.8) is 0 Å². The minimum atomic E-state index is -0.177. The summed E-state index contributed by atoms with van der Waals surface area (Å²) in [6.45, 7) is 5.82. The molecule has 5 heteroatoms. The average Bonchev–Trinajstić information content (AvgIpc) is 2.48. The smallest absolute Gasteiger partial charge is 0.259 e. The van der Waals surface area contributed by atoms with Gasteiger partial charge in [-0.2, -0.15) is 0 Å². The topological polar surface area (TPSA) is 37.6 Å². The van der Waals surface area contributed by atoms with Crippen molar-refractivity contribution in [3.8, 4) is 0 Å². The summed E-state index contributed by atoms with van der Waals surface area (Å²) < 4.78 is 1.61. The number of aryl methyl sites for hydroxylation is 1. The third-order valence-corrected chi connectivity index (χ3v) is 4.26. The lowest BCUT2D eigenvalue weighted by Gasteiger charge is -2.28. The molecule has 0 aromatic carbocycles. The van der Waals surface area contributed by atoms with Gasteiger partial charge in [0, 0.05) is 30.9 Å². The predicted molar refractivity (Wildman–Crippen MR) is 86.5 cm³/mol. The molecule has 1 aliphatic rings. The lowest BCUT2D eigenvalue weighted by molar-refractivity contribution is 0.573. The van der Waals surface area contributed by atoms with Gasteiger partial charge < -0.3 is 4.90 Å². The molecule has 0 amide bonds. The molecular weight excluding hydrogens is 286 g/mol. The van der Waals surface area contributed by atoms with Gasteiger partial charge in [0.2, 0.25) is 0 Å². The van der Waals surface area contributed by atoms with Crippen LogP contribution in [-0.2, 0) is 0 Å². The first kappa shape index (κ1) is 14.4. The predicted octanol–water partition coefficient (Wildman–Crippen LogP) is 3.29. The highest BCUT2D eigenvalue weighted by Crippen LogP contribution is 2.25. The van der Waals surface area contributed by atoms with E-state index in [1.54, 1.807) is 10.5 Å². The second-order valence-electron chi connectivity index (χ2n) is 5.78. The average molecular weight is 306 g/mol. The lowest BCUT2D eigenvalue weighted by atomic mass is 10.1. The number of fused-ring (bicyclic) bond motifs is 1. The van der Waals surface area contributed by atoms with Crippen molar-refractivity contribution in [2.75, 3.05) is 18.0 Å². The van der Waals surface area contributed by atoms with E-state index in [9.17, 15) is 4.79 Å². The van der Waals surface area contributed by atoms with Crippen LogP contribution in [0.25, 0.3) is 5.65 Å². The Balaban J connectivity index is 2.19. The Morgan fingerprint density at radius 3 is 2.62 bits per heavy atom. The molecule has 3 heterocycles. The molecule has 2 aromatic rings. The van der Waals surface area contributed by atoms with Gasteiger partial charge in [-0.25, -0.2) is 4.98 Å². The van der Waals surface area contributed by atoms with Gasteiger partial charge in [0.1, 0.15) is 11.5 Å². The Morgan fingerprint density at radius 1 is 1.24 bits per heavy atom. The molecule has 4 nitrogen and oxygen atoms in total. The molecule has 0 radical (unpaired) electrons. The summed E-state index contributed by atoms with van der Waals surface area (Å²) in [6.07, 6.45) is 5.40. The molecule has 21 heavy (non-hydrogen) atoms. The van der Waals surface area contributed by atoms with Crippen molar-refractivity contribution in [2.45, 2.75) is 38.5 Å². The fourth-order valence-electron chi connectivity index (χ4n) is 2.94. The van der Waals surface area contributed by atoms with Crippen molar-refractivity contribution in [3.05, 3.63) is 39.8 Å². The van der Waals surface area contributed by atoms with E-state index in [2.05, 4.69) is 4.90 Å². The van der Waals surface area contributed by atoms with E-state index in [1.165, 1.54) is 6.42 Å². The summed E-state index contributed by atoms with van der Waals surface area (Å²) in [5, 5.41) is -0.177. The maximum absolute atomic E-state index is 12.4. The second-order valence-corrected chi connectivity index (χ2v) is 6.44. The maximum Gasteiger partial charge on any atom is 0.259 e. The zero-order valence-corrected chi connectivity index (χ0v) is 13.2. The molecule has 0 N–H and O–H groups in total. The molecule has 0 bridgehead atoms. The monoisotopic (exact) mass is 305 g/mol. The Bertz CT molecular complexity index is 717. The van der Waals surface area contributed by atoms with Crippen LogP contribution in [0.1, 0.15) is 42.7 Å². The zero-order valence-electron chi connectivity index (χ0n) is 12.5. The maximum atomic E-state index is 12.4. The number of rotatable bonds is 2. The van der Waals surface area contributed by atoms with E-state index in [0.717, 1.165) is 42.9 Å². The van der Waals surface area contributed by atoms with Crippen LogP contribution in [0.15, 0.2) is 23.1 Å². The largest absolute Gasteiger partial charge is 0.356 e. The molecule has 1 fully saturated rings. The molecule has 1 atom stereocenters. The highest BCUT2D eigenvalue weighted by molar-refractivity contribution is 6.21. The van der Waals surface area contributed by atoms with E-state index in [-0.39, 0.29) is 10.9 Å². The number of halogens is 1. The number of pyridine rings is 1. The highest BCUT2D eigenvalue weighted by atomic mass is 35.5. The molecular formula is C16H20ClN3O. The number of nitrogens with zero attached hydrogens (tertiary/aromatic N) is 3. The Kier molecular flexibility index (Phi) is 3.89. The first-order valence-electron chi connectivity index (χ1n) is 7.49. The molecule has 0 aliphatic carbocycles. The third kappa shape index (κ3) is 2.77. The van der Waals surface area contributed by atoms with Crippen LogP contribution in [0, 0.1) is 6.92 Å². The van der Waals surface area contributed by atoms with E-state index >= 15 is 0 Å². The van der Waals surface area contributed by atoms with Crippen LogP contribution >= 0.6 is 11.6 Å². The number of hydrogen-bond donors (Lipinski definition) is 0. The minimum absolute atomic E-state index is 0.0390. The molecule has 1 aliphatic heterocycles. The van der Waals surface area contributed by atoms with Crippen LogP contribution in [0.4, 0.5) is 5.82 Å². The van der Waals surface area contributed by atoms with Crippen molar-refractivity contribution >= 4 is 23.1 Å². The number of anilines is 1. The Labute approximate surface area is 129 Å². The summed E-state index contributed by atoms with van der Waals surface area (Å²) in [5.74, 6) is 0.780. The van der Waals surface area contributed by atoms with Gasteiger partial charge in [-0.1, -0.05) is 0 Å².